The van der Waals surface area contributed by atoms with E-state index in [0.717, 1.165) is 33.7 Å². The fourth-order valence-electron chi connectivity index (χ4n) is 2.82. The molecule has 0 unspecified atom stereocenters. The molecule has 0 atom stereocenters. The van der Waals surface area contributed by atoms with Gasteiger partial charge < -0.3 is 0 Å². The van der Waals surface area contributed by atoms with E-state index in [2.05, 4.69) is 39.7 Å². The molecule has 0 saturated carbocycles. The Morgan fingerprint density at radius 1 is 0.583 bits per heavy atom. The Balaban J connectivity index is 1.94. The number of rotatable bonds is 3. The molecule has 0 N–H and O–H groups in total. The van der Waals surface area contributed by atoms with Gasteiger partial charge in [0.05, 0.1) is 0 Å². The molecule has 1 aliphatic heterocycles. The molecule has 0 bridgehead atoms. The molecule has 0 radical (unpaired) electrons. The summed E-state index contributed by atoms with van der Waals surface area (Å²) >= 11 is 0. The SMILES string of the molecule is c1ccc(C2=NN=NC2=C(c2ccccc2)c2ccccc2)cc1. The molecule has 0 saturated heterocycles. The van der Waals surface area contributed by atoms with E-state index in [1.807, 2.05) is 66.7 Å². The fraction of sp³-hybridized carbons (Fsp3) is 0. The first-order valence-corrected chi connectivity index (χ1v) is 7.83. The lowest BCUT2D eigenvalue weighted by Crippen LogP contribution is -2.04. The van der Waals surface area contributed by atoms with Crippen LogP contribution in [0.2, 0.25) is 0 Å². The Hall–Kier alpha value is -3.33. The second-order valence-corrected chi connectivity index (χ2v) is 5.46. The van der Waals surface area contributed by atoms with Crippen molar-refractivity contribution in [1.82, 2.24) is 0 Å². The summed E-state index contributed by atoms with van der Waals surface area (Å²) in [5, 5.41) is 12.6. The standard InChI is InChI=1S/C21H15N3/c1-4-10-16(11-5-1)19(17-12-6-2-7-13-17)21-20(22-24-23-21)18-14-8-3-9-15-18/h1-15H. The maximum Gasteiger partial charge on any atom is 0.124 e. The van der Waals surface area contributed by atoms with Crippen molar-refractivity contribution < 1.29 is 0 Å². The lowest BCUT2D eigenvalue weighted by Gasteiger charge is -2.12. The minimum atomic E-state index is 0.804. The largest absolute Gasteiger partial charge is 0.128 e. The van der Waals surface area contributed by atoms with Gasteiger partial charge in [-0.1, -0.05) is 91.0 Å². The molecule has 0 fully saturated rings. The van der Waals surface area contributed by atoms with Crippen LogP contribution in [0.25, 0.3) is 5.57 Å². The Bertz CT molecular complexity index is 883. The van der Waals surface area contributed by atoms with Crippen LogP contribution in [-0.2, 0) is 0 Å². The van der Waals surface area contributed by atoms with E-state index in [1.165, 1.54) is 0 Å². The molecule has 3 aromatic carbocycles. The van der Waals surface area contributed by atoms with Gasteiger partial charge in [-0.15, -0.1) is 10.2 Å². The Labute approximate surface area is 140 Å². The third-order valence-corrected chi connectivity index (χ3v) is 3.92. The van der Waals surface area contributed by atoms with Crippen LogP contribution in [0.15, 0.2) is 112 Å². The smallest absolute Gasteiger partial charge is 0.124 e. The maximum atomic E-state index is 4.35. The summed E-state index contributed by atoms with van der Waals surface area (Å²) in [5.41, 5.74) is 5.87. The summed E-state index contributed by atoms with van der Waals surface area (Å²) in [6.07, 6.45) is 0. The second kappa shape index (κ2) is 6.42. The topological polar surface area (TPSA) is 37.1 Å². The van der Waals surface area contributed by atoms with Crippen LogP contribution in [0.1, 0.15) is 16.7 Å². The van der Waals surface area contributed by atoms with E-state index < -0.39 is 0 Å². The van der Waals surface area contributed by atoms with Crippen molar-refractivity contribution in [2.24, 2.45) is 15.4 Å². The normalized spacial score (nSPS) is 13.0. The molecule has 114 valence electrons. The van der Waals surface area contributed by atoms with Gasteiger partial charge in [0, 0.05) is 11.1 Å². The van der Waals surface area contributed by atoms with Crippen molar-refractivity contribution in [2.45, 2.75) is 0 Å². The van der Waals surface area contributed by atoms with Crippen molar-refractivity contribution in [3.8, 4) is 0 Å². The highest BCUT2D eigenvalue weighted by Gasteiger charge is 2.21. The average molecular weight is 309 g/mol. The van der Waals surface area contributed by atoms with Gasteiger partial charge in [0.1, 0.15) is 11.4 Å². The van der Waals surface area contributed by atoms with Gasteiger partial charge in [-0.3, -0.25) is 0 Å². The predicted molar refractivity (Wildman–Crippen MR) is 96.7 cm³/mol. The number of hydrogen-bond donors (Lipinski definition) is 0. The van der Waals surface area contributed by atoms with E-state index in [-0.39, 0.29) is 0 Å². The molecule has 3 nitrogen and oxygen atoms in total. The quantitative estimate of drug-likeness (QED) is 0.628. The Morgan fingerprint density at radius 2 is 1.08 bits per heavy atom. The lowest BCUT2D eigenvalue weighted by atomic mass is 9.93. The number of nitrogens with zero attached hydrogens (tertiary/aromatic N) is 3. The van der Waals surface area contributed by atoms with Gasteiger partial charge in [-0.05, 0) is 16.4 Å². The van der Waals surface area contributed by atoms with E-state index >= 15 is 0 Å². The van der Waals surface area contributed by atoms with Gasteiger partial charge in [0.15, 0.2) is 0 Å². The molecule has 0 amide bonds. The summed E-state index contributed by atoms with van der Waals surface area (Å²) in [5.74, 6) is 0. The van der Waals surface area contributed by atoms with Crippen LogP contribution >= 0.6 is 0 Å². The molecular formula is C21H15N3. The molecular weight excluding hydrogens is 294 g/mol. The second-order valence-electron chi connectivity index (χ2n) is 5.46. The van der Waals surface area contributed by atoms with Crippen molar-refractivity contribution in [1.29, 1.82) is 0 Å². The van der Waals surface area contributed by atoms with Gasteiger partial charge in [-0.25, -0.2) is 0 Å². The highest BCUT2D eigenvalue weighted by molar-refractivity contribution is 6.18. The molecule has 0 aliphatic carbocycles. The molecule has 24 heavy (non-hydrogen) atoms. The van der Waals surface area contributed by atoms with E-state index in [1.54, 1.807) is 0 Å². The summed E-state index contributed by atoms with van der Waals surface area (Å²) in [4.78, 5) is 0. The van der Waals surface area contributed by atoms with Crippen LogP contribution in [0, 0.1) is 0 Å². The highest BCUT2D eigenvalue weighted by atomic mass is 15.4. The third-order valence-electron chi connectivity index (χ3n) is 3.92. The van der Waals surface area contributed by atoms with Crippen molar-refractivity contribution >= 4 is 11.3 Å². The maximum absolute atomic E-state index is 4.35. The van der Waals surface area contributed by atoms with Crippen LogP contribution in [0.3, 0.4) is 0 Å². The number of allylic oxidation sites excluding steroid dienone is 1. The number of hydrogen-bond acceptors (Lipinski definition) is 3. The van der Waals surface area contributed by atoms with Crippen LogP contribution in [0.4, 0.5) is 0 Å². The average Bonchev–Trinajstić information content (AvgIpc) is 3.14. The third kappa shape index (κ3) is 2.68. The highest BCUT2D eigenvalue weighted by Crippen LogP contribution is 2.32. The van der Waals surface area contributed by atoms with Crippen LogP contribution < -0.4 is 0 Å². The zero-order chi connectivity index (χ0) is 16.2. The molecule has 0 spiro atoms. The molecule has 0 aromatic heterocycles. The monoisotopic (exact) mass is 309 g/mol. The summed E-state index contributed by atoms with van der Waals surface area (Å²) in [7, 11) is 0. The zero-order valence-electron chi connectivity index (χ0n) is 13.0. The van der Waals surface area contributed by atoms with Crippen molar-refractivity contribution in [3.63, 3.8) is 0 Å². The first kappa shape index (κ1) is 14.3. The molecule has 1 heterocycles. The van der Waals surface area contributed by atoms with Gasteiger partial charge >= 0.3 is 0 Å². The molecule has 1 aliphatic rings. The van der Waals surface area contributed by atoms with Crippen molar-refractivity contribution in [3.05, 3.63) is 113 Å². The van der Waals surface area contributed by atoms with Gasteiger partial charge in [-0.2, -0.15) is 0 Å². The molecule has 3 heteroatoms. The summed E-state index contributed by atoms with van der Waals surface area (Å²) < 4.78 is 0. The van der Waals surface area contributed by atoms with E-state index in [4.69, 9.17) is 0 Å². The molecule has 3 aromatic rings. The van der Waals surface area contributed by atoms with E-state index in [9.17, 15) is 0 Å². The van der Waals surface area contributed by atoms with E-state index in [0.29, 0.717) is 0 Å². The summed E-state index contributed by atoms with van der Waals surface area (Å²) in [6.45, 7) is 0. The number of benzene rings is 3. The molecule has 4 rings (SSSR count). The minimum Gasteiger partial charge on any atom is -0.128 e. The fourth-order valence-corrected chi connectivity index (χ4v) is 2.82. The van der Waals surface area contributed by atoms with Crippen LogP contribution in [-0.4, -0.2) is 5.71 Å². The zero-order valence-corrected chi connectivity index (χ0v) is 13.0. The Morgan fingerprint density at radius 3 is 1.62 bits per heavy atom. The minimum absolute atomic E-state index is 0.804. The van der Waals surface area contributed by atoms with Crippen LogP contribution in [0.5, 0.6) is 0 Å². The van der Waals surface area contributed by atoms with Gasteiger partial charge in [0.2, 0.25) is 0 Å². The Kier molecular flexibility index (Phi) is 3.82. The summed E-state index contributed by atoms with van der Waals surface area (Å²) in [6, 6.07) is 30.6. The van der Waals surface area contributed by atoms with Gasteiger partial charge in [0.25, 0.3) is 0 Å². The first-order valence-electron chi connectivity index (χ1n) is 7.83. The predicted octanol–water partition coefficient (Wildman–Crippen LogP) is 5.32. The van der Waals surface area contributed by atoms with Crippen molar-refractivity contribution in [2.75, 3.05) is 0 Å². The lowest BCUT2D eigenvalue weighted by molar-refractivity contribution is 1.10. The first-order chi connectivity index (χ1) is 11.9.